The number of fused-ring (bicyclic) bond motifs is 2. The van der Waals surface area contributed by atoms with Gasteiger partial charge in [-0.2, -0.15) is 0 Å². The average molecular weight is 509 g/mol. The first kappa shape index (κ1) is 23.3. The molecule has 9 nitrogen and oxygen atoms in total. The van der Waals surface area contributed by atoms with Gasteiger partial charge < -0.3 is 19.4 Å². The van der Waals surface area contributed by atoms with E-state index >= 15 is 0 Å². The van der Waals surface area contributed by atoms with Gasteiger partial charge in [0.15, 0.2) is 5.82 Å². The quantitative estimate of drug-likeness (QED) is 0.455. The summed E-state index contributed by atoms with van der Waals surface area (Å²) in [5.74, 6) is 2.13. The predicted octanol–water partition coefficient (Wildman–Crippen LogP) is 3.14. The Morgan fingerprint density at radius 2 is 1.87 bits per heavy atom. The van der Waals surface area contributed by atoms with Crippen molar-refractivity contribution in [2.45, 2.75) is 39.2 Å². The zero-order valence-corrected chi connectivity index (χ0v) is 21.9. The van der Waals surface area contributed by atoms with Gasteiger partial charge in [0.05, 0.1) is 17.1 Å². The zero-order chi connectivity index (χ0) is 25.8. The summed E-state index contributed by atoms with van der Waals surface area (Å²) >= 11 is 0. The molecule has 1 saturated heterocycles. The van der Waals surface area contributed by atoms with Gasteiger partial charge in [0.2, 0.25) is 5.91 Å². The molecule has 1 fully saturated rings. The summed E-state index contributed by atoms with van der Waals surface area (Å²) in [6, 6.07) is 10.2. The summed E-state index contributed by atoms with van der Waals surface area (Å²) in [5.41, 5.74) is 7.82. The lowest BCUT2D eigenvalue weighted by atomic mass is 10.0. The number of H-pyrrole nitrogens is 1. The Balaban J connectivity index is 1.17. The second kappa shape index (κ2) is 9.16. The van der Waals surface area contributed by atoms with Crippen LogP contribution in [-0.2, 0) is 30.6 Å². The first-order valence-corrected chi connectivity index (χ1v) is 13.6. The summed E-state index contributed by atoms with van der Waals surface area (Å²) in [7, 11) is 2.11. The highest BCUT2D eigenvalue weighted by Gasteiger charge is 2.34. The molecule has 1 atom stereocenters. The normalized spacial score (nSPS) is 17.7. The van der Waals surface area contributed by atoms with Crippen LogP contribution in [0.5, 0.6) is 0 Å². The largest absolute Gasteiger partial charge is 0.340 e. The van der Waals surface area contributed by atoms with Gasteiger partial charge in [0, 0.05) is 81.1 Å². The van der Waals surface area contributed by atoms with Crippen molar-refractivity contribution in [2.75, 3.05) is 33.2 Å². The van der Waals surface area contributed by atoms with Crippen molar-refractivity contribution >= 4 is 5.91 Å². The molecule has 0 radical (unpaired) electrons. The van der Waals surface area contributed by atoms with Gasteiger partial charge >= 0.3 is 0 Å². The number of aromatic nitrogens is 6. The fraction of sp³-hybridized carbons (Fsp3) is 0.414. The minimum absolute atomic E-state index is 0.0146. The second-order valence-corrected chi connectivity index (χ2v) is 10.8. The summed E-state index contributed by atoms with van der Waals surface area (Å²) in [4.78, 5) is 40.2. The molecule has 38 heavy (non-hydrogen) atoms. The average Bonchev–Trinajstić information content (AvgIpc) is 3.69. The third kappa shape index (κ3) is 4.01. The standard InChI is InChI=1S/C29H32N8O/c1-18-5-3-6-21(31-18)26-27(37-10-4-7-25(37)34-26)19-8-9-30-24(15-19)28-32-22-16-20(17-23(22)33-28)29(38)36-13-11-35(2)12-14-36/h3,5-6,8-9,15,20H,4,7,10-14,16-17H2,1-2H3,(H,32,33). The Bertz CT molecular complexity index is 1500. The molecule has 7 rings (SSSR count). The Labute approximate surface area is 222 Å². The number of aromatic amines is 1. The molecule has 0 spiro atoms. The summed E-state index contributed by atoms with van der Waals surface area (Å²) in [6.45, 7) is 6.48. The van der Waals surface area contributed by atoms with E-state index in [1.807, 2.05) is 42.3 Å². The molecule has 3 aliphatic rings. The molecule has 4 aromatic rings. The number of rotatable bonds is 4. The van der Waals surface area contributed by atoms with Gasteiger partial charge in [-0.3, -0.25) is 14.8 Å². The lowest BCUT2D eigenvalue weighted by Gasteiger charge is -2.33. The van der Waals surface area contributed by atoms with Crippen LogP contribution >= 0.6 is 0 Å². The van der Waals surface area contributed by atoms with Crippen molar-refractivity contribution in [1.82, 2.24) is 39.3 Å². The molecule has 4 aromatic heterocycles. The van der Waals surface area contributed by atoms with Crippen LogP contribution in [0.3, 0.4) is 0 Å². The Morgan fingerprint density at radius 3 is 2.68 bits per heavy atom. The highest BCUT2D eigenvalue weighted by atomic mass is 16.2. The first-order chi connectivity index (χ1) is 18.5. The number of hydrogen-bond donors (Lipinski definition) is 1. The van der Waals surface area contributed by atoms with Crippen molar-refractivity contribution in [2.24, 2.45) is 5.92 Å². The maximum atomic E-state index is 13.1. The van der Waals surface area contributed by atoms with Crippen LogP contribution in [0, 0.1) is 12.8 Å². The molecule has 2 aliphatic heterocycles. The van der Waals surface area contributed by atoms with Crippen molar-refractivity contribution in [1.29, 1.82) is 0 Å². The molecular formula is C29H32N8O. The molecule has 194 valence electrons. The second-order valence-electron chi connectivity index (χ2n) is 10.8. The SMILES string of the molecule is Cc1cccc(-c2nc3n(c2-c2ccnc(-c4nc5c([nH]4)CC(C(=O)N4CCN(C)CC4)C5)c2)CCC3)n1. The minimum Gasteiger partial charge on any atom is -0.340 e. The van der Waals surface area contributed by atoms with Crippen LogP contribution in [-0.4, -0.2) is 78.4 Å². The number of imidazole rings is 2. The van der Waals surface area contributed by atoms with Crippen LogP contribution in [0.4, 0.5) is 0 Å². The van der Waals surface area contributed by atoms with Crippen LogP contribution in [0.1, 0.15) is 29.3 Å². The number of nitrogens with one attached hydrogen (secondary N) is 1. The van der Waals surface area contributed by atoms with Gasteiger partial charge in [-0.05, 0) is 44.7 Å². The molecule has 9 heteroatoms. The fourth-order valence-corrected chi connectivity index (χ4v) is 6.10. The fourth-order valence-electron chi connectivity index (χ4n) is 6.10. The number of carbonyl (C=O) groups is 1. The maximum Gasteiger partial charge on any atom is 0.226 e. The van der Waals surface area contributed by atoms with Crippen LogP contribution in [0.25, 0.3) is 34.2 Å². The topological polar surface area (TPSA) is 95.8 Å². The Hall–Kier alpha value is -3.85. The Morgan fingerprint density at radius 1 is 1.00 bits per heavy atom. The van der Waals surface area contributed by atoms with E-state index in [0.717, 1.165) is 103 Å². The van der Waals surface area contributed by atoms with E-state index in [1.165, 1.54) is 0 Å². The molecule has 0 bridgehead atoms. The summed E-state index contributed by atoms with van der Waals surface area (Å²) in [5, 5.41) is 0. The molecule has 1 unspecified atom stereocenters. The third-order valence-corrected chi connectivity index (χ3v) is 8.15. The van der Waals surface area contributed by atoms with E-state index in [1.54, 1.807) is 0 Å². The monoisotopic (exact) mass is 508 g/mol. The molecule has 0 saturated carbocycles. The number of likely N-dealkylation sites (N-methyl/N-ethyl adjacent to an activating group) is 1. The number of piperazine rings is 1. The van der Waals surface area contributed by atoms with E-state index in [4.69, 9.17) is 15.0 Å². The van der Waals surface area contributed by atoms with E-state index in [-0.39, 0.29) is 11.8 Å². The lowest BCUT2D eigenvalue weighted by Crippen LogP contribution is -2.49. The first-order valence-electron chi connectivity index (χ1n) is 13.6. The summed E-state index contributed by atoms with van der Waals surface area (Å²) in [6.07, 6.45) is 5.34. The molecule has 0 aromatic carbocycles. The molecule has 1 N–H and O–H groups in total. The van der Waals surface area contributed by atoms with Crippen molar-refractivity contribution in [3.63, 3.8) is 0 Å². The number of aryl methyl sites for hydroxylation is 2. The smallest absolute Gasteiger partial charge is 0.226 e. The van der Waals surface area contributed by atoms with E-state index in [2.05, 4.69) is 32.5 Å². The molecule has 6 heterocycles. The van der Waals surface area contributed by atoms with Gasteiger partial charge in [-0.25, -0.2) is 9.97 Å². The number of pyridine rings is 2. The van der Waals surface area contributed by atoms with Crippen LogP contribution in [0.2, 0.25) is 0 Å². The van der Waals surface area contributed by atoms with Gasteiger partial charge in [-0.15, -0.1) is 0 Å². The van der Waals surface area contributed by atoms with Gasteiger partial charge in [0.1, 0.15) is 17.2 Å². The zero-order valence-electron chi connectivity index (χ0n) is 21.9. The van der Waals surface area contributed by atoms with Crippen molar-refractivity contribution in [3.8, 4) is 34.2 Å². The molecular weight excluding hydrogens is 476 g/mol. The Kier molecular flexibility index (Phi) is 5.61. The number of carbonyl (C=O) groups excluding carboxylic acids is 1. The van der Waals surface area contributed by atoms with Gasteiger partial charge in [0.25, 0.3) is 0 Å². The lowest BCUT2D eigenvalue weighted by molar-refractivity contribution is -0.136. The van der Waals surface area contributed by atoms with E-state index in [0.29, 0.717) is 12.8 Å². The third-order valence-electron chi connectivity index (χ3n) is 8.15. The van der Waals surface area contributed by atoms with Gasteiger partial charge in [-0.1, -0.05) is 6.07 Å². The van der Waals surface area contributed by atoms with Crippen LogP contribution < -0.4 is 0 Å². The summed E-state index contributed by atoms with van der Waals surface area (Å²) < 4.78 is 2.33. The highest BCUT2D eigenvalue weighted by molar-refractivity contribution is 5.81. The van der Waals surface area contributed by atoms with E-state index in [9.17, 15) is 4.79 Å². The predicted molar refractivity (Wildman–Crippen MR) is 144 cm³/mol. The maximum absolute atomic E-state index is 13.1. The van der Waals surface area contributed by atoms with Crippen molar-refractivity contribution in [3.05, 3.63) is 59.4 Å². The van der Waals surface area contributed by atoms with E-state index < -0.39 is 0 Å². The number of hydrogen-bond acceptors (Lipinski definition) is 6. The van der Waals surface area contributed by atoms with Crippen molar-refractivity contribution < 1.29 is 4.79 Å². The molecule has 1 aliphatic carbocycles. The highest BCUT2D eigenvalue weighted by Crippen LogP contribution is 2.36. The minimum atomic E-state index is -0.0146. The van der Waals surface area contributed by atoms with Crippen LogP contribution in [0.15, 0.2) is 36.5 Å². The number of amides is 1. The number of nitrogens with zero attached hydrogens (tertiary/aromatic N) is 7. The molecule has 1 amide bonds.